The van der Waals surface area contributed by atoms with Crippen molar-refractivity contribution in [3.63, 3.8) is 0 Å². The smallest absolute Gasteiger partial charge is 0.325 e. The van der Waals surface area contributed by atoms with Crippen molar-refractivity contribution in [1.82, 2.24) is 4.90 Å². The lowest BCUT2D eigenvalue weighted by atomic mass is 10.2. The third kappa shape index (κ3) is 5.74. The number of thiophene rings is 1. The largest absolute Gasteiger partial charge is 0.468 e. The number of esters is 1. The molecule has 0 fully saturated rings. The monoisotopic (exact) mass is 347 g/mol. The summed E-state index contributed by atoms with van der Waals surface area (Å²) < 4.78 is 5.68. The maximum absolute atomic E-state index is 11.9. The molecule has 1 aromatic heterocycles. The third-order valence-corrected chi connectivity index (χ3v) is 4.41. The highest BCUT2D eigenvalue weighted by molar-refractivity contribution is 9.11. The Kier molecular flexibility index (Phi) is 7.09. The number of hydrogen-bond acceptors (Lipinski definition) is 4. The topological polar surface area (TPSA) is 46.6 Å². The molecule has 6 heteroatoms. The van der Waals surface area contributed by atoms with Crippen LogP contribution in [-0.2, 0) is 20.7 Å². The Hall–Kier alpha value is -0.880. The van der Waals surface area contributed by atoms with Gasteiger partial charge in [0.05, 0.1) is 10.9 Å². The average molecular weight is 348 g/mol. The zero-order valence-electron chi connectivity index (χ0n) is 11.1. The molecule has 1 aromatic rings. The highest BCUT2D eigenvalue weighted by Gasteiger charge is 2.15. The Labute approximate surface area is 125 Å². The molecule has 0 aliphatic rings. The molecule has 0 atom stereocenters. The molecular formula is C13H18BrNO3S. The summed E-state index contributed by atoms with van der Waals surface area (Å²) in [6.07, 6.45) is 2.14. The van der Waals surface area contributed by atoms with E-state index in [1.54, 1.807) is 11.3 Å². The van der Waals surface area contributed by atoms with E-state index in [9.17, 15) is 9.59 Å². The number of hydrogen-bond donors (Lipinski definition) is 0. The van der Waals surface area contributed by atoms with Gasteiger partial charge >= 0.3 is 5.97 Å². The summed E-state index contributed by atoms with van der Waals surface area (Å²) in [5.41, 5.74) is 0. The summed E-state index contributed by atoms with van der Waals surface area (Å²) in [7, 11) is 1.33. The van der Waals surface area contributed by atoms with Crippen molar-refractivity contribution >= 4 is 39.1 Å². The van der Waals surface area contributed by atoms with Gasteiger partial charge in [0.1, 0.15) is 6.54 Å². The van der Waals surface area contributed by atoms with Crippen LogP contribution < -0.4 is 0 Å². The molecular weight excluding hydrogens is 330 g/mol. The van der Waals surface area contributed by atoms with Crippen LogP contribution in [0, 0.1) is 0 Å². The van der Waals surface area contributed by atoms with Crippen LogP contribution in [0.25, 0.3) is 0 Å². The van der Waals surface area contributed by atoms with Gasteiger partial charge in [0.15, 0.2) is 0 Å². The van der Waals surface area contributed by atoms with Crippen molar-refractivity contribution in [1.29, 1.82) is 0 Å². The lowest BCUT2D eigenvalue weighted by molar-refractivity contribution is -0.146. The van der Waals surface area contributed by atoms with E-state index < -0.39 is 0 Å². The maximum Gasteiger partial charge on any atom is 0.325 e. The minimum absolute atomic E-state index is 0.00326. The fraction of sp³-hybridized carbons (Fsp3) is 0.538. The van der Waals surface area contributed by atoms with E-state index in [1.165, 1.54) is 16.9 Å². The number of carbonyl (C=O) groups is 2. The first kappa shape index (κ1) is 16.2. The second-order valence-corrected chi connectivity index (χ2v) is 6.59. The zero-order valence-corrected chi connectivity index (χ0v) is 13.6. The summed E-state index contributed by atoms with van der Waals surface area (Å²) >= 11 is 5.10. The van der Waals surface area contributed by atoms with Crippen molar-refractivity contribution in [2.45, 2.75) is 26.2 Å². The Morgan fingerprint density at radius 1 is 1.42 bits per heavy atom. The molecule has 0 saturated heterocycles. The number of carbonyl (C=O) groups excluding carboxylic acids is 2. The molecule has 0 saturated carbocycles. The van der Waals surface area contributed by atoms with Crippen molar-refractivity contribution < 1.29 is 14.3 Å². The number of ether oxygens (including phenoxy) is 1. The quantitative estimate of drug-likeness (QED) is 0.712. The van der Waals surface area contributed by atoms with Gasteiger partial charge in [-0.15, -0.1) is 11.3 Å². The van der Waals surface area contributed by atoms with Crippen LogP contribution in [0.4, 0.5) is 0 Å². The van der Waals surface area contributed by atoms with E-state index in [2.05, 4.69) is 26.7 Å². The molecule has 0 aliphatic carbocycles. The van der Waals surface area contributed by atoms with Crippen LogP contribution in [0.2, 0.25) is 0 Å². The highest BCUT2D eigenvalue weighted by Crippen LogP contribution is 2.23. The van der Waals surface area contributed by atoms with Crippen LogP contribution >= 0.6 is 27.3 Å². The summed E-state index contributed by atoms with van der Waals surface area (Å²) in [5, 5.41) is 0. The third-order valence-electron chi connectivity index (χ3n) is 2.72. The van der Waals surface area contributed by atoms with Gasteiger partial charge in [-0.05, 0) is 47.8 Å². The number of nitrogens with zero attached hydrogens (tertiary/aromatic N) is 1. The first-order valence-electron chi connectivity index (χ1n) is 6.15. The molecule has 0 bridgehead atoms. The van der Waals surface area contributed by atoms with Crippen LogP contribution in [0.3, 0.4) is 0 Å². The molecule has 106 valence electrons. The first-order chi connectivity index (χ1) is 9.06. The molecule has 4 nitrogen and oxygen atoms in total. The number of aryl methyl sites for hydroxylation is 1. The van der Waals surface area contributed by atoms with E-state index >= 15 is 0 Å². The Balaban J connectivity index is 2.34. The van der Waals surface area contributed by atoms with Gasteiger partial charge in [-0.2, -0.15) is 0 Å². The molecule has 0 unspecified atom stereocenters. The molecule has 0 aliphatic heterocycles. The van der Waals surface area contributed by atoms with E-state index in [0.29, 0.717) is 13.0 Å². The van der Waals surface area contributed by atoms with E-state index in [-0.39, 0.29) is 18.4 Å². The summed E-state index contributed by atoms with van der Waals surface area (Å²) in [6, 6.07) is 4.07. The van der Waals surface area contributed by atoms with Crippen molar-refractivity contribution in [2.24, 2.45) is 0 Å². The van der Waals surface area contributed by atoms with Crippen LogP contribution in [0.5, 0.6) is 0 Å². The number of likely N-dealkylation sites (N-methyl/N-ethyl adjacent to an activating group) is 1. The average Bonchev–Trinajstić information content (AvgIpc) is 2.81. The molecule has 1 heterocycles. The summed E-state index contributed by atoms with van der Waals surface area (Å²) in [6.45, 7) is 2.42. The fourth-order valence-electron chi connectivity index (χ4n) is 1.65. The Morgan fingerprint density at radius 3 is 2.68 bits per heavy atom. The van der Waals surface area contributed by atoms with Gasteiger partial charge < -0.3 is 9.64 Å². The lowest BCUT2D eigenvalue weighted by Crippen LogP contribution is -2.35. The minimum atomic E-state index is -0.377. The second kappa shape index (κ2) is 8.32. The zero-order chi connectivity index (χ0) is 14.3. The Bertz CT molecular complexity index is 433. The summed E-state index contributed by atoms with van der Waals surface area (Å²) in [4.78, 5) is 25.9. The van der Waals surface area contributed by atoms with Gasteiger partial charge in [-0.25, -0.2) is 0 Å². The van der Waals surface area contributed by atoms with Crippen molar-refractivity contribution in [3.8, 4) is 0 Å². The van der Waals surface area contributed by atoms with Gasteiger partial charge in [0.25, 0.3) is 0 Å². The SMILES string of the molecule is CCN(CC(=O)OC)C(=O)CCCc1ccc(Br)s1. The van der Waals surface area contributed by atoms with Crippen LogP contribution in [0.1, 0.15) is 24.6 Å². The van der Waals surface area contributed by atoms with E-state index in [1.807, 2.05) is 13.0 Å². The molecule has 0 radical (unpaired) electrons. The Morgan fingerprint density at radius 2 is 2.16 bits per heavy atom. The molecule has 19 heavy (non-hydrogen) atoms. The van der Waals surface area contributed by atoms with Crippen molar-refractivity contribution in [3.05, 3.63) is 20.8 Å². The summed E-state index contributed by atoms with van der Waals surface area (Å²) in [5.74, 6) is -0.374. The first-order valence-corrected chi connectivity index (χ1v) is 7.76. The van der Waals surface area contributed by atoms with Crippen molar-refractivity contribution in [2.75, 3.05) is 20.2 Å². The second-order valence-electron chi connectivity index (χ2n) is 4.04. The molecule has 0 N–H and O–H groups in total. The van der Waals surface area contributed by atoms with Crippen LogP contribution in [-0.4, -0.2) is 37.0 Å². The van der Waals surface area contributed by atoms with Crippen LogP contribution in [0.15, 0.2) is 15.9 Å². The van der Waals surface area contributed by atoms with E-state index in [4.69, 9.17) is 0 Å². The van der Waals surface area contributed by atoms with Gasteiger partial charge in [-0.1, -0.05) is 0 Å². The predicted octanol–water partition coefficient (Wildman–Crippen LogP) is 2.85. The van der Waals surface area contributed by atoms with E-state index in [0.717, 1.165) is 16.6 Å². The highest BCUT2D eigenvalue weighted by atomic mass is 79.9. The molecule has 0 aromatic carbocycles. The maximum atomic E-state index is 11.9. The number of halogens is 1. The number of amides is 1. The lowest BCUT2D eigenvalue weighted by Gasteiger charge is -2.19. The molecule has 0 spiro atoms. The standard InChI is InChI=1S/C13H18BrNO3S/c1-3-15(9-13(17)18-2)12(16)6-4-5-10-7-8-11(14)19-10/h7-8H,3-6,9H2,1-2H3. The molecule has 1 amide bonds. The molecule has 1 rings (SSSR count). The normalized spacial score (nSPS) is 10.3. The number of methoxy groups -OCH3 is 1. The van der Waals surface area contributed by atoms with Gasteiger partial charge in [0.2, 0.25) is 5.91 Å². The van der Waals surface area contributed by atoms with Gasteiger partial charge in [-0.3, -0.25) is 9.59 Å². The van der Waals surface area contributed by atoms with Gasteiger partial charge in [0, 0.05) is 17.8 Å². The number of rotatable bonds is 7. The predicted molar refractivity (Wildman–Crippen MR) is 79.2 cm³/mol. The minimum Gasteiger partial charge on any atom is -0.468 e. The fourth-order valence-corrected chi connectivity index (χ4v) is 3.18.